The van der Waals surface area contributed by atoms with E-state index in [0.717, 1.165) is 38.5 Å². The van der Waals surface area contributed by atoms with Crippen molar-refractivity contribution in [1.82, 2.24) is 5.32 Å². The van der Waals surface area contributed by atoms with Gasteiger partial charge in [0.2, 0.25) is 5.91 Å². The van der Waals surface area contributed by atoms with Crippen LogP contribution in [-0.4, -0.2) is 23.5 Å². The van der Waals surface area contributed by atoms with E-state index in [9.17, 15) is 9.59 Å². The molecule has 25 heavy (non-hydrogen) atoms. The lowest BCUT2D eigenvalue weighted by Crippen LogP contribution is -2.39. The zero-order valence-electron chi connectivity index (χ0n) is 16.0. The van der Waals surface area contributed by atoms with Crippen LogP contribution in [0.5, 0.6) is 0 Å². The highest BCUT2D eigenvalue weighted by Gasteiger charge is 2.34. The van der Waals surface area contributed by atoms with Gasteiger partial charge in [-0.1, -0.05) is 70.8 Å². The largest absolute Gasteiger partial charge is 0.481 e. The van der Waals surface area contributed by atoms with Crippen molar-refractivity contribution >= 4 is 11.9 Å². The smallest absolute Gasteiger partial charge is 0.303 e. The van der Waals surface area contributed by atoms with Gasteiger partial charge in [0.15, 0.2) is 0 Å². The Morgan fingerprint density at radius 3 is 2.28 bits per heavy atom. The van der Waals surface area contributed by atoms with Crippen molar-refractivity contribution in [3.8, 4) is 0 Å². The first-order chi connectivity index (χ1) is 12.1. The molecule has 0 atom stereocenters. The lowest BCUT2D eigenvalue weighted by molar-refractivity contribution is -0.140. The second-order valence-corrected chi connectivity index (χ2v) is 7.66. The van der Waals surface area contributed by atoms with Crippen LogP contribution in [0.4, 0.5) is 0 Å². The second-order valence-electron chi connectivity index (χ2n) is 7.66. The van der Waals surface area contributed by atoms with Gasteiger partial charge in [-0.15, -0.1) is 0 Å². The Kier molecular flexibility index (Phi) is 11.3. The molecule has 1 aliphatic rings. The van der Waals surface area contributed by atoms with E-state index in [1.165, 1.54) is 44.9 Å². The predicted molar refractivity (Wildman–Crippen MR) is 103 cm³/mol. The molecular formula is C21H37NO3. The van der Waals surface area contributed by atoms with Crippen LogP contribution < -0.4 is 5.32 Å². The summed E-state index contributed by atoms with van der Waals surface area (Å²) in [6.07, 6.45) is 18.7. The van der Waals surface area contributed by atoms with Crippen LogP contribution in [-0.2, 0) is 9.59 Å². The van der Waals surface area contributed by atoms with Gasteiger partial charge < -0.3 is 10.4 Å². The number of carboxylic acid groups (broad SMARTS) is 1. The molecule has 1 saturated carbocycles. The van der Waals surface area contributed by atoms with Crippen molar-refractivity contribution < 1.29 is 14.7 Å². The Morgan fingerprint density at radius 1 is 1.00 bits per heavy atom. The molecule has 1 amide bonds. The predicted octanol–water partition coefficient (Wildman–Crippen LogP) is 5.22. The van der Waals surface area contributed by atoms with E-state index in [1.54, 1.807) is 6.08 Å². The first kappa shape index (κ1) is 21.7. The van der Waals surface area contributed by atoms with Crippen LogP contribution in [0.2, 0.25) is 0 Å². The molecule has 0 spiro atoms. The minimum absolute atomic E-state index is 0.0849. The summed E-state index contributed by atoms with van der Waals surface area (Å²) in [5.41, 5.74) is -0.244. The quantitative estimate of drug-likeness (QED) is 0.353. The Morgan fingerprint density at radius 2 is 1.64 bits per heavy atom. The van der Waals surface area contributed by atoms with E-state index in [2.05, 4.69) is 12.2 Å². The van der Waals surface area contributed by atoms with Crippen molar-refractivity contribution in [3.05, 3.63) is 12.2 Å². The first-order valence-corrected chi connectivity index (χ1v) is 10.2. The average Bonchev–Trinajstić information content (AvgIpc) is 2.59. The molecule has 0 saturated heterocycles. The van der Waals surface area contributed by atoms with Gasteiger partial charge in [0.05, 0.1) is 6.42 Å². The van der Waals surface area contributed by atoms with Gasteiger partial charge in [0, 0.05) is 6.54 Å². The van der Waals surface area contributed by atoms with Crippen LogP contribution in [0.3, 0.4) is 0 Å². The lowest BCUT2D eigenvalue weighted by Gasteiger charge is -2.36. The van der Waals surface area contributed by atoms with E-state index in [4.69, 9.17) is 5.11 Å². The normalized spacial score (nSPS) is 16.8. The molecule has 0 heterocycles. The molecule has 1 aliphatic carbocycles. The number of nitrogens with one attached hydrogen (secondary N) is 1. The fourth-order valence-corrected chi connectivity index (χ4v) is 3.78. The van der Waals surface area contributed by atoms with E-state index < -0.39 is 5.97 Å². The molecule has 144 valence electrons. The minimum Gasteiger partial charge on any atom is -0.481 e. The molecule has 0 aliphatic heterocycles. The topological polar surface area (TPSA) is 66.4 Å². The Balaban J connectivity index is 2.18. The summed E-state index contributed by atoms with van der Waals surface area (Å²) in [5, 5.41) is 12.1. The number of allylic oxidation sites excluding steroid dienone is 1. The Labute approximate surface area is 153 Å². The standard InChI is InChI=1S/C21H37NO3/c1-2-3-4-5-6-7-8-9-11-14-19(23)22-18-21(17-20(24)25)15-12-10-13-16-21/h11,14H,2-10,12-13,15-18H2,1H3,(H,22,23)(H,24,25). The maximum Gasteiger partial charge on any atom is 0.303 e. The van der Waals surface area contributed by atoms with Crippen LogP contribution in [0.1, 0.15) is 96.8 Å². The minimum atomic E-state index is -0.759. The third-order valence-corrected chi connectivity index (χ3v) is 5.32. The molecule has 1 fully saturated rings. The number of rotatable bonds is 13. The summed E-state index contributed by atoms with van der Waals surface area (Å²) in [4.78, 5) is 23.1. The van der Waals surface area contributed by atoms with Gasteiger partial charge in [-0.2, -0.15) is 0 Å². The van der Waals surface area contributed by atoms with Gasteiger partial charge in [-0.25, -0.2) is 0 Å². The van der Waals surface area contributed by atoms with Crippen LogP contribution in [0, 0.1) is 5.41 Å². The molecule has 0 aromatic rings. The molecule has 0 bridgehead atoms. The number of hydrogen-bond acceptors (Lipinski definition) is 2. The van der Waals surface area contributed by atoms with E-state index in [0.29, 0.717) is 6.54 Å². The number of unbranched alkanes of at least 4 members (excludes halogenated alkanes) is 7. The molecule has 4 heteroatoms. The summed E-state index contributed by atoms with van der Waals surface area (Å²) in [7, 11) is 0. The summed E-state index contributed by atoms with van der Waals surface area (Å²) < 4.78 is 0. The molecule has 1 rings (SSSR count). The summed E-state index contributed by atoms with van der Waals surface area (Å²) >= 11 is 0. The third kappa shape index (κ3) is 10.3. The zero-order chi connectivity index (χ0) is 18.4. The van der Waals surface area contributed by atoms with Gasteiger partial charge >= 0.3 is 5.97 Å². The summed E-state index contributed by atoms with van der Waals surface area (Å²) in [6.45, 7) is 2.72. The van der Waals surface area contributed by atoms with Crippen molar-refractivity contribution in [2.75, 3.05) is 6.54 Å². The monoisotopic (exact) mass is 351 g/mol. The fraction of sp³-hybridized carbons (Fsp3) is 0.810. The van der Waals surface area contributed by atoms with Crippen LogP contribution in [0.25, 0.3) is 0 Å². The van der Waals surface area contributed by atoms with Crippen molar-refractivity contribution in [2.45, 2.75) is 96.8 Å². The number of hydrogen-bond donors (Lipinski definition) is 2. The first-order valence-electron chi connectivity index (χ1n) is 10.2. The van der Waals surface area contributed by atoms with Gasteiger partial charge in [-0.3, -0.25) is 9.59 Å². The van der Waals surface area contributed by atoms with Gasteiger partial charge in [0.1, 0.15) is 0 Å². The van der Waals surface area contributed by atoms with Crippen molar-refractivity contribution in [1.29, 1.82) is 0 Å². The van der Waals surface area contributed by atoms with E-state index in [1.807, 2.05) is 6.08 Å². The molecule has 0 radical (unpaired) electrons. The van der Waals surface area contributed by atoms with Gasteiger partial charge in [0.25, 0.3) is 0 Å². The summed E-state index contributed by atoms with van der Waals surface area (Å²) in [5.74, 6) is -0.844. The fourth-order valence-electron chi connectivity index (χ4n) is 3.78. The van der Waals surface area contributed by atoms with E-state index >= 15 is 0 Å². The molecule has 0 aromatic carbocycles. The number of carbonyl (C=O) groups excluding carboxylic acids is 1. The maximum absolute atomic E-state index is 12.0. The molecule has 0 aromatic heterocycles. The van der Waals surface area contributed by atoms with Crippen molar-refractivity contribution in [2.24, 2.45) is 5.41 Å². The summed E-state index contributed by atoms with van der Waals surface area (Å²) in [6, 6.07) is 0. The SMILES string of the molecule is CCCCCCCCCC=CC(=O)NCC1(CC(=O)O)CCCCC1. The highest BCUT2D eigenvalue weighted by molar-refractivity contribution is 5.87. The van der Waals surface area contributed by atoms with Gasteiger partial charge in [-0.05, 0) is 37.2 Å². The molecular weight excluding hydrogens is 314 g/mol. The van der Waals surface area contributed by atoms with E-state index in [-0.39, 0.29) is 17.7 Å². The Hall–Kier alpha value is -1.32. The van der Waals surface area contributed by atoms with Crippen LogP contribution in [0.15, 0.2) is 12.2 Å². The number of aliphatic carboxylic acids is 1. The zero-order valence-corrected chi connectivity index (χ0v) is 16.0. The third-order valence-electron chi connectivity index (χ3n) is 5.32. The maximum atomic E-state index is 12.0. The van der Waals surface area contributed by atoms with Crippen molar-refractivity contribution in [3.63, 3.8) is 0 Å². The highest BCUT2D eigenvalue weighted by Crippen LogP contribution is 2.38. The second kappa shape index (κ2) is 13.0. The number of amides is 1. The lowest BCUT2D eigenvalue weighted by atomic mass is 9.71. The average molecular weight is 352 g/mol. The Bertz CT molecular complexity index is 411. The highest BCUT2D eigenvalue weighted by atomic mass is 16.4. The molecule has 0 unspecified atom stereocenters. The van der Waals surface area contributed by atoms with Crippen LogP contribution >= 0.6 is 0 Å². The molecule has 4 nitrogen and oxygen atoms in total. The molecule has 2 N–H and O–H groups in total. The number of carbonyl (C=O) groups is 2. The number of carboxylic acids is 1.